The van der Waals surface area contributed by atoms with E-state index in [-0.39, 0.29) is 11.6 Å². The molecule has 4 rings (SSSR count). The van der Waals surface area contributed by atoms with E-state index >= 15 is 0 Å². The third kappa shape index (κ3) is 2.84. The molecule has 23 heavy (non-hydrogen) atoms. The highest BCUT2D eigenvalue weighted by Crippen LogP contribution is 2.38. The normalized spacial score (nSPS) is 18.3. The molecule has 2 N–H and O–H groups in total. The summed E-state index contributed by atoms with van der Waals surface area (Å²) in [7, 11) is 0. The first-order valence-electron chi connectivity index (χ1n) is 7.86. The van der Waals surface area contributed by atoms with Crippen LogP contribution < -0.4 is 10.6 Å². The van der Waals surface area contributed by atoms with E-state index in [1.165, 1.54) is 19.0 Å². The minimum Gasteiger partial charge on any atom is -0.352 e. The fourth-order valence-electron chi connectivity index (χ4n) is 2.86. The van der Waals surface area contributed by atoms with E-state index in [2.05, 4.69) is 31.1 Å². The summed E-state index contributed by atoms with van der Waals surface area (Å²) in [5.74, 6) is 1.31. The molecule has 0 atom stereocenters. The summed E-state index contributed by atoms with van der Waals surface area (Å²) < 4.78 is 0. The zero-order valence-corrected chi connectivity index (χ0v) is 12.7. The van der Waals surface area contributed by atoms with Gasteiger partial charge in [-0.2, -0.15) is 5.10 Å². The van der Waals surface area contributed by atoms with Crippen LogP contribution in [0.5, 0.6) is 0 Å². The van der Waals surface area contributed by atoms with Crippen molar-refractivity contribution in [1.29, 1.82) is 0 Å². The number of nitrogens with one attached hydrogen (secondary N) is 2. The molecule has 2 aromatic heterocycles. The summed E-state index contributed by atoms with van der Waals surface area (Å²) >= 11 is 0. The Morgan fingerprint density at radius 2 is 1.91 bits per heavy atom. The van der Waals surface area contributed by atoms with Gasteiger partial charge in [0.25, 0.3) is 5.91 Å². The second kappa shape index (κ2) is 5.53. The van der Waals surface area contributed by atoms with E-state index in [0.717, 1.165) is 11.5 Å². The molecule has 1 amide bonds. The molecule has 0 aromatic carbocycles. The number of aromatic amines is 2. The van der Waals surface area contributed by atoms with Crippen molar-refractivity contribution in [2.24, 2.45) is 0 Å². The Morgan fingerprint density at radius 1 is 1.13 bits per heavy atom. The molecule has 2 fully saturated rings. The van der Waals surface area contributed by atoms with Gasteiger partial charge in [-0.15, -0.1) is 5.10 Å². The van der Waals surface area contributed by atoms with Crippen LogP contribution in [0.4, 0.5) is 5.82 Å². The third-order valence-corrected chi connectivity index (χ3v) is 4.38. The molecule has 0 spiro atoms. The largest absolute Gasteiger partial charge is 0.352 e. The molecule has 1 aliphatic carbocycles. The maximum absolute atomic E-state index is 12.3. The van der Waals surface area contributed by atoms with Crippen LogP contribution in [0.25, 0.3) is 0 Å². The van der Waals surface area contributed by atoms with Gasteiger partial charge in [0, 0.05) is 38.3 Å². The molecular formula is C15H18N6O2. The van der Waals surface area contributed by atoms with Gasteiger partial charge in [0.1, 0.15) is 5.69 Å². The summed E-state index contributed by atoms with van der Waals surface area (Å²) in [6.07, 6.45) is 3.85. The van der Waals surface area contributed by atoms with Crippen LogP contribution in [0.3, 0.4) is 0 Å². The van der Waals surface area contributed by atoms with Crippen molar-refractivity contribution in [3.05, 3.63) is 40.2 Å². The van der Waals surface area contributed by atoms with E-state index in [0.29, 0.717) is 37.8 Å². The highest BCUT2D eigenvalue weighted by Gasteiger charge is 2.27. The maximum Gasteiger partial charge on any atom is 0.323 e. The van der Waals surface area contributed by atoms with Gasteiger partial charge in [0.05, 0.1) is 5.69 Å². The summed E-state index contributed by atoms with van der Waals surface area (Å²) in [5.41, 5.74) is 1.02. The Kier molecular flexibility index (Phi) is 3.36. The van der Waals surface area contributed by atoms with Gasteiger partial charge in [0.15, 0.2) is 5.82 Å². The SMILES string of the molecule is O=C(c1c[nH]c(=O)[nH]1)N1CCN(c2ccc(C3CC3)nn2)CC1. The highest BCUT2D eigenvalue weighted by molar-refractivity contribution is 5.92. The predicted molar refractivity (Wildman–Crippen MR) is 83.5 cm³/mol. The van der Waals surface area contributed by atoms with Gasteiger partial charge in [-0.25, -0.2) is 4.79 Å². The number of carbonyl (C=O) groups excluding carboxylic acids is 1. The number of nitrogens with zero attached hydrogens (tertiary/aromatic N) is 4. The number of hydrogen-bond donors (Lipinski definition) is 2. The molecule has 1 saturated carbocycles. The molecule has 3 heterocycles. The lowest BCUT2D eigenvalue weighted by Crippen LogP contribution is -2.49. The Hall–Kier alpha value is -2.64. The quantitative estimate of drug-likeness (QED) is 0.851. The van der Waals surface area contributed by atoms with Crippen LogP contribution in [-0.2, 0) is 0 Å². The van der Waals surface area contributed by atoms with Gasteiger partial charge >= 0.3 is 5.69 Å². The first-order chi connectivity index (χ1) is 11.2. The summed E-state index contributed by atoms with van der Waals surface area (Å²) in [6.45, 7) is 2.60. The maximum atomic E-state index is 12.3. The Morgan fingerprint density at radius 3 is 2.48 bits per heavy atom. The lowest BCUT2D eigenvalue weighted by atomic mass is 10.2. The van der Waals surface area contributed by atoms with Crippen molar-refractivity contribution >= 4 is 11.7 Å². The number of anilines is 1. The van der Waals surface area contributed by atoms with Crippen molar-refractivity contribution < 1.29 is 4.79 Å². The molecule has 2 aliphatic rings. The number of rotatable bonds is 3. The van der Waals surface area contributed by atoms with Crippen molar-refractivity contribution in [2.75, 3.05) is 31.1 Å². The van der Waals surface area contributed by atoms with Crippen LogP contribution >= 0.6 is 0 Å². The van der Waals surface area contributed by atoms with Crippen molar-refractivity contribution in [3.63, 3.8) is 0 Å². The highest BCUT2D eigenvalue weighted by atomic mass is 16.2. The molecule has 0 radical (unpaired) electrons. The van der Waals surface area contributed by atoms with Crippen molar-refractivity contribution in [1.82, 2.24) is 25.1 Å². The molecule has 8 nitrogen and oxygen atoms in total. The lowest BCUT2D eigenvalue weighted by Gasteiger charge is -2.34. The van der Waals surface area contributed by atoms with Crippen LogP contribution in [0.1, 0.15) is 34.9 Å². The van der Waals surface area contributed by atoms with Gasteiger partial charge in [-0.1, -0.05) is 0 Å². The molecule has 1 saturated heterocycles. The zero-order chi connectivity index (χ0) is 15.8. The Labute approximate surface area is 132 Å². The Balaban J connectivity index is 1.38. The topological polar surface area (TPSA) is 98.0 Å². The molecule has 8 heteroatoms. The van der Waals surface area contributed by atoms with E-state index < -0.39 is 0 Å². The molecule has 2 aromatic rings. The van der Waals surface area contributed by atoms with Crippen molar-refractivity contribution in [2.45, 2.75) is 18.8 Å². The third-order valence-electron chi connectivity index (χ3n) is 4.38. The molecule has 1 aliphatic heterocycles. The second-order valence-corrected chi connectivity index (χ2v) is 6.03. The molecule has 120 valence electrons. The van der Waals surface area contributed by atoms with Crippen LogP contribution in [0, 0.1) is 0 Å². The monoisotopic (exact) mass is 314 g/mol. The second-order valence-electron chi connectivity index (χ2n) is 6.03. The summed E-state index contributed by atoms with van der Waals surface area (Å²) in [4.78, 5) is 32.2. The first-order valence-corrected chi connectivity index (χ1v) is 7.86. The molecule has 0 unspecified atom stereocenters. The molecule has 0 bridgehead atoms. The number of H-pyrrole nitrogens is 2. The van der Waals surface area contributed by atoms with Crippen LogP contribution in [0.15, 0.2) is 23.1 Å². The van der Waals surface area contributed by atoms with Gasteiger partial charge in [0.2, 0.25) is 0 Å². The number of imidazole rings is 1. The minimum atomic E-state index is -0.363. The minimum absolute atomic E-state index is 0.154. The fourth-order valence-corrected chi connectivity index (χ4v) is 2.86. The van der Waals surface area contributed by atoms with Gasteiger partial charge in [-0.3, -0.25) is 4.79 Å². The fraction of sp³-hybridized carbons (Fsp3) is 0.467. The van der Waals surface area contributed by atoms with E-state index in [1.54, 1.807) is 4.90 Å². The summed E-state index contributed by atoms with van der Waals surface area (Å²) in [6, 6.07) is 4.07. The van der Waals surface area contributed by atoms with E-state index in [4.69, 9.17) is 0 Å². The predicted octanol–water partition coefficient (Wildman–Crippen LogP) is 0.333. The average Bonchev–Trinajstić information content (AvgIpc) is 3.36. The number of hydrogen-bond acceptors (Lipinski definition) is 5. The molecular weight excluding hydrogens is 296 g/mol. The lowest BCUT2D eigenvalue weighted by molar-refractivity contribution is 0.0741. The van der Waals surface area contributed by atoms with E-state index in [1.807, 2.05) is 6.07 Å². The number of amides is 1. The number of aromatic nitrogens is 4. The van der Waals surface area contributed by atoms with Crippen LogP contribution in [-0.4, -0.2) is 57.2 Å². The summed E-state index contributed by atoms with van der Waals surface area (Å²) in [5, 5.41) is 8.62. The van der Waals surface area contributed by atoms with Gasteiger partial charge < -0.3 is 19.8 Å². The van der Waals surface area contributed by atoms with E-state index in [9.17, 15) is 9.59 Å². The Bertz CT molecular complexity index is 753. The smallest absolute Gasteiger partial charge is 0.323 e. The van der Waals surface area contributed by atoms with Crippen molar-refractivity contribution in [3.8, 4) is 0 Å². The standard InChI is InChI=1S/C15H18N6O2/c22-14(12-9-16-15(23)17-12)21-7-5-20(6-8-21)13-4-3-11(18-19-13)10-1-2-10/h3-4,9-10H,1-2,5-8H2,(H2,16,17,23). The average molecular weight is 314 g/mol. The van der Waals surface area contributed by atoms with Crippen LogP contribution in [0.2, 0.25) is 0 Å². The first kappa shape index (κ1) is 14.0. The number of carbonyl (C=O) groups is 1. The number of piperazine rings is 1. The van der Waals surface area contributed by atoms with Gasteiger partial charge in [-0.05, 0) is 25.0 Å². The zero-order valence-electron chi connectivity index (χ0n) is 12.7.